The zero-order valence-electron chi connectivity index (χ0n) is 12.9. The molecular formula is C15H27N5. The van der Waals surface area contributed by atoms with Crippen LogP contribution in [0.25, 0.3) is 0 Å². The molecule has 1 aliphatic rings. The number of hydrogen-bond acceptors (Lipinski definition) is 5. The number of aromatic nitrogens is 2. The summed E-state index contributed by atoms with van der Waals surface area (Å²) in [5.74, 6) is 1.65. The van der Waals surface area contributed by atoms with Crippen molar-refractivity contribution in [3.63, 3.8) is 0 Å². The van der Waals surface area contributed by atoms with E-state index in [-0.39, 0.29) is 0 Å². The van der Waals surface area contributed by atoms with Crippen LogP contribution in [0.1, 0.15) is 38.8 Å². The smallest absolute Gasteiger partial charge is 0.224 e. The molecule has 0 spiro atoms. The molecule has 0 atom stereocenters. The van der Waals surface area contributed by atoms with E-state index in [1.165, 1.54) is 12.8 Å². The molecule has 2 N–H and O–H groups in total. The summed E-state index contributed by atoms with van der Waals surface area (Å²) in [7, 11) is 0. The molecule has 0 amide bonds. The molecule has 1 aromatic heterocycles. The van der Waals surface area contributed by atoms with Gasteiger partial charge in [-0.3, -0.25) is 4.90 Å². The summed E-state index contributed by atoms with van der Waals surface area (Å²) in [6.07, 6.45) is 3.81. The van der Waals surface area contributed by atoms with Crippen molar-refractivity contribution in [3.05, 3.63) is 11.8 Å². The third-order valence-electron chi connectivity index (χ3n) is 3.56. The van der Waals surface area contributed by atoms with Crippen molar-refractivity contribution in [2.24, 2.45) is 0 Å². The maximum Gasteiger partial charge on any atom is 0.224 e. The Balaban J connectivity index is 1.83. The molecule has 1 fully saturated rings. The molecule has 20 heavy (non-hydrogen) atoms. The SMILES string of the molecule is CCCNc1nc(C)cc(NCCN(CC)C2CC2)n1. The Morgan fingerprint density at radius 1 is 1.20 bits per heavy atom. The Morgan fingerprint density at radius 2 is 2.00 bits per heavy atom. The number of nitrogens with one attached hydrogen (secondary N) is 2. The first-order chi connectivity index (χ1) is 9.72. The molecule has 1 aliphatic carbocycles. The zero-order valence-corrected chi connectivity index (χ0v) is 12.9. The molecule has 0 aromatic carbocycles. The number of rotatable bonds is 9. The fourth-order valence-corrected chi connectivity index (χ4v) is 2.34. The van der Waals surface area contributed by atoms with Gasteiger partial charge in [0.25, 0.3) is 0 Å². The molecular weight excluding hydrogens is 250 g/mol. The highest BCUT2D eigenvalue weighted by atomic mass is 15.2. The van der Waals surface area contributed by atoms with Gasteiger partial charge in [-0.15, -0.1) is 0 Å². The topological polar surface area (TPSA) is 53.1 Å². The highest BCUT2D eigenvalue weighted by molar-refractivity contribution is 5.42. The predicted octanol–water partition coefficient (Wildman–Crippen LogP) is 2.50. The molecule has 2 rings (SSSR count). The van der Waals surface area contributed by atoms with Gasteiger partial charge in [0, 0.05) is 37.4 Å². The van der Waals surface area contributed by atoms with Crippen molar-refractivity contribution in [3.8, 4) is 0 Å². The Morgan fingerprint density at radius 3 is 2.65 bits per heavy atom. The summed E-state index contributed by atoms with van der Waals surface area (Å²) in [4.78, 5) is 11.4. The van der Waals surface area contributed by atoms with E-state index in [1.807, 2.05) is 13.0 Å². The van der Waals surface area contributed by atoms with Gasteiger partial charge >= 0.3 is 0 Å². The van der Waals surface area contributed by atoms with Crippen molar-refractivity contribution < 1.29 is 0 Å². The summed E-state index contributed by atoms with van der Waals surface area (Å²) in [6.45, 7) is 10.5. The fraction of sp³-hybridized carbons (Fsp3) is 0.733. The van der Waals surface area contributed by atoms with Crippen LogP contribution in [0.2, 0.25) is 0 Å². The first-order valence-corrected chi connectivity index (χ1v) is 7.80. The maximum absolute atomic E-state index is 4.50. The summed E-state index contributed by atoms with van der Waals surface area (Å²) >= 11 is 0. The van der Waals surface area contributed by atoms with Gasteiger partial charge in [0.2, 0.25) is 5.95 Å². The van der Waals surface area contributed by atoms with Crippen molar-refractivity contribution >= 4 is 11.8 Å². The van der Waals surface area contributed by atoms with E-state index in [0.29, 0.717) is 0 Å². The summed E-state index contributed by atoms with van der Waals surface area (Å²) in [5.41, 5.74) is 0.996. The van der Waals surface area contributed by atoms with E-state index >= 15 is 0 Å². The van der Waals surface area contributed by atoms with Gasteiger partial charge in [-0.2, -0.15) is 4.98 Å². The maximum atomic E-state index is 4.50. The van der Waals surface area contributed by atoms with Crippen molar-refractivity contribution in [2.75, 3.05) is 36.8 Å². The number of aryl methyl sites for hydroxylation is 1. The van der Waals surface area contributed by atoms with Crippen molar-refractivity contribution in [2.45, 2.75) is 46.1 Å². The van der Waals surface area contributed by atoms with Crippen LogP contribution in [-0.2, 0) is 0 Å². The van der Waals surface area contributed by atoms with Crippen LogP contribution in [0.5, 0.6) is 0 Å². The first-order valence-electron chi connectivity index (χ1n) is 7.80. The fourth-order valence-electron chi connectivity index (χ4n) is 2.34. The third kappa shape index (κ3) is 4.63. The Labute approximate surface area is 122 Å². The summed E-state index contributed by atoms with van der Waals surface area (Å²) in [6, 6.07) is 2.83. The Kier molecular flexibility index (Phi) is 5.59. The summed E-state index contributed by atoms with van der Waals surface area (Å²) < 4.78 is 0. The van der Waals surface area contributed by atoms with Crippen molar-refractivity contribution in [1.82, 2.24) is 14.9 Å². The average molecular weight is 277 g/mol. The molecule has 1 aromatic rings. The number of anilines is 2. The standard InChI is InChI=1S/C15H27N5/c1-4-8-17-15-18-12(3)11-14(19-15)16-9-10-20(5-2)13-6-7-13/h11,13H,4-10H2,1-3H3,(H2,16,17,18,19). The van der Waals surface area contributed by atoms with Gasteiger partial charge in [-0.05, 0) is 32.7 Å². The van der Waals surface area contributed by atoms with Crippen LogP contribution < -0.4 is 10.6 Å². The van der Waals surface area contributed by atoms with E-state index in [2.05, 4.69) is 39.3 Å². The van der Waals surface area contributed by atoms with Gasteiger partial charge < -0.3 is 10.6 Å². The Hall–Kier alpha value is -1.36. The van der Waals surface area contributed by atoms with Crippen LogP contribution in [-0.4, -0.2) is 47.1 Å². The van der Waals surface area contributed by atoms with Gasteiger partial charge in [0.05, 0.1) is 0 Å². The Bertz CT molecular complexity index is 417. The van der Waals surface area contributed by atoms with Crippen LogP contribution in [0, 0.1) is 6.92 Å². The molecule has 1 heterocycles. The number of nitrogens with zero attached hydrogens (tertiary/aromatic N) is 3. The second-order valence-electron chi connectivity index (χ2n) is 5.43. The lowest BCUT2D eigenvalue weighted by Gasteiger charge is -2.20. The van der Waals surface area contributed by atoms with Gasteiger partial charge in [0.15, 0.2) is 0 Å². The molecule has 1 saturated carbocycles. The second kappa shape index (κ2) is 7.43. The van der Waals surface area contributed by atoms with Crippen LogP contribution in [0.3, 0.4) is 0 Å². The molecule has 5 heteroatoms. The highest BCUT2D eigenvalue weighted by Gasteiger charge is 2.27. The lowest BCUT2D eigenvalue weighted by molar-refractivity contribution is 0.289. The second-order valence-corrected chi connectivity index (χ2v) is 5.43. The average Bonchev–Trinajstić information content (AvgIpc) is 3.25. The van der Waals surface area contributed by atoms with Crippen molar-refractivity contribution in [1.29, 1.82) is 0 Å². The minimum Gasteiger partial charge on any atom is -0.369 e. The third-order valence-corrected chi connectivity index (χ3v) is 3.56. The molecule has 0 aliphatic heterocycles. The van der Waals surface area contributed by atoms with E-state index in [1.54, 1.807) is 0 Å². The molecule has 0 radical (unpaired) electrons. The lowest BCUT2D eigenvalue weighted by Crippen LogP contribution is -2.31. The number of hydrogen-bond donors (Lipinski definition) is 2. The predicted molar refractivity (Wildman–Crippen MR) is 84.3 cm³/mol. The number of likely N-dealkylation sites (N-methyl/N-ethyl adjacent to an activating group) is 1. The van der Waals surface area contributed by atoms with E-state index < -0.39 is 0 Å². The van der Waals surface area contributed by atoms with Gasteiger partial charge in [0.1, 0.15) is 5.82 Å². The molecule has 5 nitrogen and oxygen atoms in total. The van der Waals surface area contributed by atoms with E-state index in [9.17, 15) is 0 Å². The van der Waals surface area contributed by atoms with Gasteiger partial charge in [-0.25, -0.2) is 4.98 Å². The quantitative estimate of drug-likeness (QED) is 0.726. The molecule has 0 unspecified atom stereocenters. The first kappa shape index (κ1) is 15.0. The van der Waals surface area contributed by atoms with E-state index in [4.69, 9.17) is 0 Å². The normalized spacial score (nSPS) is 14.6. The lowest BCUT2D eigenvalue weighted by atomic mass is 10.4. The van der Waals surface area contributed by atoms with E-state index in [0.717, 1.165) is 56.1 Å². The molecule has 112 valence electrons. The monoisotopic (exact) mass is 277 g/mol. The van der Waals surface area contributed by atoms with Crippen LogP contribution >= 0.6 is 0 Å². The minimum atomic E-state index is 0.726. The highest BCUT2D eigenvalue weighted by Crippen LogP contribution is 2.25. The largest absolute Gasteiger partial charge is 0.369 e. The molecule has 0 bridgehead atoms. The van der Waals surface area contributed by atoms with Gasteiger partial charge in [-0.1, -0.05) is 13.8 Å². The van der Waals surface area contributed by atoms with Crippen LogP contribution in [0.4, 0.5) is 11.8 Å². The molecule has 0 saturated heterocycles. The minimum absolute atomic E-state index is 0.726. The van der Waals surface area contributed by atoms with Crippen LogP contribution in [0.15, 0.2) is 6.07 Å². The zero-order chi connectivity index (χ0) is 14.4. The summed E-state index contributed by atoms with van der Waals surface area (Å²) in [5, 5.41) is 6.66.